The van der Waals surface area contributed by atoms with Gasteiger partial charge < -0.3 is 41.1 Å². The van der Waals surface area contributed by atoms with Gasteiger partial charge in [0.1, 0.15) is 22.8 Å². The lowest BCUT2D eigenvalue weighted by Gasteiger charge is -2.50. The third-order valence-electron chi connectivity index (χ3n) is 9.28. The number of Topliss-reactive ketones (excluding diaryl/α,β-unsaturated/α-hetero) is 2. The number of methoxy groups -OCH3 is 1. The fraction of sp³-hybridized carbons (Fsp3) is 0.394. The second kappa shape index (κ2) is 11.9. The number of phenols is 1. The number of nitrogens with two attached hydrogens (primary N) is 1. The van der Waals surface area contributed by atoms with Crippen LogP contribution in [0.2, 0.25) is 0 Å². The number of rotatable bonds is 8. The van der Waals surface area contributed by atoms with Gasteiger partial charge in [0.05, 0.1) is 24.3 Å². The van der Waals surface area contributed by atoms with Crippen LogP contribution in [-0.2, 0) is 33.8 Å². The summed E-state index contributed by atoms with van der Waals surface area (Å²) in [6, 6.07) is 7.54. The van der Waals surface area contributed by atoms with Crippen molar-refractivity contribution in [3.05, 3.63) is 80.8 Å². The van der Waals surface area contributed by atoms with E-state index >= 15 is 0 Å². The molecule has 0 fully saturated rings. The summed E-state index contributed by atoms with van der Waals surface area (Å²) in [5, 5.41) is 49.0. The molecule has 0 bridgehead atoms. The molecule has 2 aromatic rings. The van der Waals surface area contributed by atoms with Crippen molar-refractivity contribution in [1.82, 2.24) is 10.2 Å². The summed E-state index contributed by atoms with van der Waals surface area (Å²) >= 11 is 0. The second-order valence-corrected chi connectivity index (χ2v) is 12.4. The molecule has 0 spiro atoms. The molecule has 3 aliphatic rings. The highest BCUT2D eigenvalue weighted by Gasteiger charge is 2.63. The Morgan fingerprint density at radius 2 is 1.72 bits per heavy atom. The molecular weight excluding hydrogens is 596 g/mol. The number of primary amides is 1. The number of fused-ring (bicyclic) bond motifs is 3. The highest BCUT2D eigenvalue weighted by molar-refractivity contribution is 6.25. The number of aliphatic hydroxyl groups excluding tert-OH is 2. The van der Waals surface area contributed by atoms with Gasteiger partial charge in [-0.15, -0.1) is 0 Å². The molecule has 7 N–H and O–H groups in total. The summed E-state index contributed by atoms with van der Waals surface area (Å²) in [4.78, 5) is 55.0. The zero-order valence-electron chi connectivity index (χ0n) is 26.2. The zero-order chi connectivity index (χ0) is 33.8. The van der Waals surface area contributed by atoms with Gasteiger partial charge in [-0.05, 0) is 62.2 Å². The van der Waals surface area contributed by atoms with E-state index in [1.807, 2.05) is 4.90 Å². The van der Waals surface area contributed by atoms with Gasteiger partial charge in [-0.1, -0.05) is 12.1 Å². The number of esters is 1. The fourth-order valence-corrected chi connectivity index (χ4v) is 7.10. The normalized spacial score (nSPS) is 24.0. The quantitative estimate of drug-likeness (QED) is 0.180. The summed E-state index contributed by atoms with van der Waals surface area (Å²) < 4.78 is 4.73. The highest BCUT2D eigenvalue weighted by atomic mass is 16.5. The molecule has 4 atom stereocenters. The number of amides is 1. The first kappa shape index (κ1) is 32.7. The number of hydrogen-bond donors (Lipinski definition) is 6. The standard InChI is InChI=1S/C33H38N4O9/c1-36(2)21-12-18(14-35-13-15-6-8-16(9-7-15)32(44)46-5)26(38)23-19(21)10-17-11-20-25(37(3)4)28(40)24(31(34)43)30(42)33(20,45)29(41)22(17)27(23)39/h6-9,12,17,20,25,35,38,40-41,45H,10-11,13-14H2,1-5H3,(H2,34,43)/t17?,20?,25-,33+/m1/s1. The summed E-state index contributed by atoms with van der Waals surface area (Å²) in [5.74, 6) is -7.33. The van der Waals surface area contributed by atoms with E-state index in [0.717, 1.165) is 5.56 Å². The Kier molecular flexibility index (Phi) is 8.45. The lowest BCUT2D eigenvalue weighted by Crippen LogP contribution is -2.63. The van der Waals surface area contributed by atoms with Crippen molar-refractivity contribution in [3.8, 4) is 5.75 Å². The molecule has 2 unspecified atom stereocenters. The number of ketones is 2. The fourth-order valence-electron chi connectivity index (χ4n) is 7.10. The van der Waals surface area contributed by atoms with Gasteiger partial charge in [0.15, 0.2) is 11.4 Å². The molecule has 5 rings (SSSR count). The smallest absolute Gasteiger partial charge is 0.337 e. The number of likely N-dealkylation sites (N-methyl/N-ethyl adjacent to an activating group) is 1. The number of anilines is 1. The van der Waals surface area contributed by atoms with E-state index in [1.54, 1.807) is 58.5 Å². The van der Waals surface area contributed by atoms with Crippen LogP contribution < -0.4 is 16.0 Å². The van der Waals surface area contributed by atoms with E-state index in [2.05, 4.69) is 5.32 Å². The Balaban J connectivity index is 1.53. The van der Waals surface area contributed by atoms with Crippen LogP contribution in [0.3, 0.4) is 0 Å². The Morgan fingerprint density at radius 1 is 1.07 bits per heavy atom. The van der Waals surface area contributed by atoms with Crippen molar-refractivity contribution in [3.63, 3.8) is 0 Å². The Hall–Kier alpha value is -4.72. The molecule has 244 valence electrons. The molecule has 0 heterocycles. The number of nitrogens with zero attached hydrogens (tertiary/aromatic N) is 2. The molecule has 1 amide bonds. The van der Waals surface area contributed by atoms with E-state index < -0.39 is 64.0 Å². The van der Waals surface area contributed by atoms with Crippen molar-refractivity contribution >= 4 is 29.1 Å². The van der Waals surface area contributed by atoms with Crippen molar-refractivity contribution in [2.45, 2.75) is 37.6 Å². The first-order chi connectivity index (χ1) is 21.6. The average Bonchev–Trinajstić information content (AvgIpc) is 2.99. The van der Waals surface area contributed by atoms with Gasteiger partial charge in [0.2, 0.25) is 5.78 Å². The molecule has 0 saturated carbocycles. The minimum absolute atomic E-state index is 0.0114. The zero-order valence-corrected chi connectivity index (χ0v) is 26.2. The third kappa shape index (κ3) is 5.00. The van der Waals surface area contributed by atoms with Crippen molar-refractivity contribution < 1.29 is 44.3 Å². The number of phenolic OH excluding ortho intramolecular Hbond substituents is 1. The molecule has 0 saturated heterocycles. The van der Waals surface area contributed by atoms with E-state index in [4.69, 9.17) is 10.5 Å². The van der Waals surface area contributed by atoms with E-state index in [1.165, 1.54) is 12.0 Å². The molecule has 46 heavy (non-hydrogen) atoms. The first-order valence-corrected chi connectivity index (χ1v) is 14.7. The Bertz CT molecular complexity index is 1710. The van der Waals surface area contributed by atoms with E-state index in [0.29, 0.717) is 28.9 Å². The SMILES string of the molecule is COC(=O)c1ccc(CNCc2cc(N(C)C)c3c(c2O)C(=O)C2=C(O)[C@]4(O)C(=O)C(C(N)=O)=C(O)[C@H](N(C)C)C4CC2C3)cc1. The molecular formula is C33H38N4O9. The van der Waals surface area contributed by atoms with Gasteiger partial charge >= 0.3 is 5.97 Å². The number of aliphatic hydroxyl groups is 3. The number of hydrogen-bond acceptors (Lipinski definition) is 12. The number of aromatic hydroxyl groups is 1. The maximum atomic E-state index is 14.2. The predicted molar refractivity (Wildman–Crippen MR) is 166 cm³/mol. The molecule has 0 aromatic heterocycles. The van der Waals surface area contributed by atoms with Crippen LogP contribution in [0.4, 0.5) is 5.69 Å². The van der Waals surface area contributed by atoms with Crippen LogP contribution in [-0.4, -0.2) is 95.7 Å². The van der Waals surface area contributed by atoms with Gasteiger partial charge in [-0.25, -0.2) is 4.79 Å². The van der Waals surface area contributed by atoms with Crippen LogP contribution in [0.15, 0.2) is 53.0 Å². The summed E-state index contributed by atoms with van der Waals surface area (Å²) in [6.45, 7) is 0.533. The maximum absolute atomic E-state index is 14.2. The minimum Gasteiger partial charge on any atom is -0.510 e. The van der Waals surface area contributed by atoms with Gasteiger partial charge in [0, 0.05) is 49.9 Å². The number of carbonyl (C=O) groups excluding carboxylic acids is 4. The van der Waals surface area contributed by atoms with Crippen molar-refractivity contribution in [2.75, 3.05) is 40.2 Å². The van der Waals surface area contributed by atoms with Crippen molar-refractivity contribution in [2.24, 2.45) is 17.6 Å². The second-order valence-electron chi connectivity index (χ2n) is 12.4. The maximum Gasteiger partial charge on any atom is 0.337 e. The van der Waals surface area contributed by atoms with E-state index in [9.17, 15) is 39.6 Å². The predicted octanol–water partition coefficient (Wildman–Crippen LogP) is 1.26. The van der Waals surface area contributed by atoms with Crippen LogP contribution in [0.5, 0.6) is 5.75 Å². The minimum atomic E-state index is -2.70. The molecule has 13 nitrogen and oxygen atoms in total. The van der Waals surface area contributed by atoms with Gasteiger partial charge in [-0.3, -0.25) is 19.3 Å². The summed E-state index contributed by atoms with van der Waals surface area (Å²) in [6.07, 6.45) is 0.202. The van der Waals surface area contributed by atoms with Crippen LogP contribution in [0.1, 0.15) is 43.8 Å². The van der Waals surface area contributed by atoms with Crippen LogP contribution in [0, 0.1) is 11.8 Å². The lowest BCUT2D eigenvalue weighted by molar-refractivity contribution is -0.148. The molecule has 13 heteroatoms. The summed E-state index contributed by atoms with van der Waals surface area (Å²) in [7, 11) is 8.08. The van der Waals surface area contributed by atoms with Crippen LogP contribution in [0.25, 0.3) is 0 Å². The molecule has 0 aliphatic heterocycles. The Labute approximate surface area is 265 Å². The van der Waals surface area contributed by atoms with Gasteiger partial charge in [0.25, 0.3) is 5.91 Å². The Morgan fingerprint density at radius 3 is 2.28 bits per heavy atom. The lowest BCUT2D eigenvalue weighted by atomic mass is 9.58. The highest BCUT2D eigenvalue weighted by Crippen LogP contribution is 2.53. The van der Waals surface area contributed by atoms with Gasteiger partial charge in [-0.2, -0.15) is 0 Å². The number of ether oxygens (including phenoxy) is 1. The number of allylic oxidation sites excluding steroid dienone is 1. The molecule has 2 aromatic carbocycles. The third-order valence-corrected chi connectivity index (χ3v) is 9.28. The molecule has 3 aliphatic carbocycles. The monoisotopic (exact) mass is 634 g/mol. The topological polar surface area (TPSA) is 203 Å². The summed E-state index contributed by atoms with van der Waals surface area (Å²) in [5.41, 5.74) is 4.48. The van der Waals surface area contributed by atoms with Crippen LogP contribution >= 0.6 is 0 Å². The first-order valence-electron chi connectivity index (χ1n) is 14.7. The number of nitrogens with one attached hydrogen (secondary N) is 1. The van der Waals surface area contributed by atoms with Crippen molar-refractivity contribution in [1.29, 1.82) is 0 Å². The largest absolute Gasteiger partial charge is 0.510 e. The number of carbonyl (C=O) groups is 4. The molecule has 0 radical (unpaired) electrons. The number of benzene rings is 2. The van der Waals surface area contributed by atoms with E-state index in [-0.39, 0.29) is 36.3 Å². The average molecular weight is 635 g/mol.